The summed E-state index contributed by atoms with van der Waals surface area (Å²) >= 11 is 1.41. The van der Waals surface area contributed by atoms with Crippen LogP contribution in [0.25, 0.3) is 0 Å². The molecule has 3 N–H and O–H groups in total. The summed E-state index contributed by atoms with van der Waals surface area (Å²) in [6.45, 7) is 2.19. The molecule has 0 aromatic heterocycles. The Kier molecular flexibility index (Phi) is 4.58. The second-order valence-corrected chi connectivity index (χ2v) is 6.47. The lowest BCUT2D eigenvalue weighted by Gasteiger charge is -2.44. The SMILES string of the molecule is CC(O)[C@H]1C(=O)N2C(C(=O)O)=C(SCCN(C)C=N)C[C@H]12. The van der Waals surface area contributed by atoms with Gasteiger partial charge in [-0.2, -0.15) is 0 Å². The first kappa shape index (κ1) is 15.8. The number of rotatable bonds is 7. The molecule has 0 spiro atoms. The Labute approximate surface area is 127 Å². The molecule has 116 valence electrons. The summed E-state index contributed by atoms with van der Waals surface area (Å²) in [7, 11) is 1.77. The van der Waals surface area contributed by atoms with E-state index in [2.05, 4.69) is 0 Å². The summed E-state index contributed by atoms with van der Waals surface area (Å²) in [5.41, 5.74) is 0.0596. The summed E-state index contributed by atoms with van der Waals surface area (Å²) in [6, 6.07) is -0.230. The Hall–Kier alpha value is -1.54. The fourth-order valence-electron chi connectivity index (χ4n) is 2.74. The molecule has 2 aliphatic heterocycles. The second kappa shape index (κ2) is 6.07. The van der Waals surface area contributed by atoms with Crippen molar-refractivity contribution in [1.82, 2.24) is 9.80 Å². The first-order valence-corrected chi connectivity index (χ1v) is 7.68. The summed E-state index contributed by atoms with van der Waals surface area (Å²) < 4.78 is 0. The minimum absolute atomic E-state index is 0.0596. The van der Waals surface area contributed by atoms with Crippen molar-refractivity contribution in [1.29, 1.82) is 5.41 Å². The fourth-order valence-corrected chi connectivity index (χ4v) is 3.97. The summed E-state index contributed by atoms with van der Waals surface area (Å²) in [4.78, 5) is 27.1. The largest absolute Gasteiger partial charge is 0.477 e. The normalized spacial score (nSPS) is 25.5. The van der Waals surface area contributed by atoms with Gasteiger partial charge >= 0.3 is 5.97 Å². The van der Waals surface area contributed by atoms with Gasteiger partial charge in [-0.3, -0.25) is 10.2 Å². The summed E-state index contributed by atoms with van der Waals surface area (Å²) in [5, 5.41) is 26.0. The van der Waals surface area contributed by atoms with Crippen LogP contribution >= 0.6 is 11.8 Å². The van der Waals surface area contributed by atoms with Gasteiger partial charge in [0.2, 0.25) is 5.91 Å². The molecule has 0 saturated carbocycles. The van der Waals surface area contributed by atoms with Crippen molar-refractivity contribution in [3.8, 4) is 0 Å². The first-order valence-electron chi connectivity index (χ1n) is 6.69. The van der Waals surface area contributed by atoms with Crippen molar-refractivity contribution in [2.75, 3.05) is 19.3 Å². The Balaban J connectivity index is 2.08. The van der Waals surface area contributed by atoms with Crippen LogP contribution in [0.5, 0.6) is 0 Å². The molecule has 1 amide bonds. The molecule has 2 aliphatic rings. The predicted octanol–water partition coefficient (Wildman–Crippen LogP) is 0.166. The minimum atomic E-state index is -1.10. The standard InChI is InChI=1S/C13H19N3O4S/c1-7(17)10-8-5-9(21-4-3-15(2)6-14)11(13(19)20)16(8)12(10)18/h6-8,10,14,17H,3-5H2,1-2H3,(H,19,20)/t7?,8-,10-/m1/s1. The zero-order valence-corrected chi connectivity index (χ0v) is 12.8. The van der Waals surface area contributed by atoms with Crippen LogP contribution in [-0.4, -0.2) is 69.7 Å². The van der Waals surface area contributed by atoms with Crippen molar-refractivity contribution >= 4 is 30.0 Å². The Morgan fingerprint density at radius 3 is 2.86 bits per heavy atom. The molecule has 0 aromatic carbocycles. The molecule has 7 nitrogen and oxygen atoms in total. The van der Waals surface area contributed by atoms with Crippen molar-refractivity contribution < 1.29 is 19.8 Å². The topological polar surface area (TPSA) is 105 Å². The number of β-lactam (4-membered cyclic amide) rings is 1. The van der Waals surface area contributed by atoms with Gasteiger partial charge in [0.25, 0.3) is 0 Å². The molecule has 0 radical (unpaired) electrons. The van der Waals surface area contributed by atoms with Gasteiger partial charge in [-0.1, -0.05) is 0 Å². The molecule has 0 bridgehead atoms. The molecule has 2 heterocycles. The molecule has 21 heavy (non-hydrogen) atoms. The number of carbonyl (C=O) groups is 2. The molecule has 1 saturated heterocycles. The van der Waals surface area contributed by atoms with Crippen LogP contribution < -0.4 is 0 Å². The summed E-state index contributed by atoms with van der Waals surface area (Å²) in [6.07, 6.45) is 0.936. The average Bonchev–Trinajstić information content (AvgIpc) is 2.72. The molecule has 0 aliphatic carbocycles. The van der Waals surface area contributed by atoms with E-state index >= 15 is 0 Å². The van der Waals surface area contributed by atoms with Crippen LogP contribution in [0.15, 0.2) is 10.6 Å². The Morgan fingerprint density at radius 2 is 2.33 bits per heavy atom. The van der Waals surface area contributed by atoms with Gasteiger partial charge in [0, 0.05) is 30.7 Å². The van der Waals surface area contributed by atoms with Crippen LogP contribution in [0.4, 0.5) is 0 Å². The zero-order chi connectivity index (χ0) is 15.7. The third-order valence-electron chi connectivity index (χ3n) is 3.83. The van der Waals surface area contributed by atoms with E-state index in [0.717, 1.165) is 0 Å². The highest BCUT2D eigenvalue weighted by atomic mass is 32.2. The van der Waals surface area contributed by atoms with Gasteiger partial charge in [-0.05, 0) is 6.92 Å². The number of carboxylic acid groups (broad SMARTS) is 1. The van der Waals surface area contributed by atoms with Crippen LogP contribution in [-0.2, 0) is 9.59 Å². The average molecular weight is 313 g/mol. The number of nitrogens with one attached hydrogen (secondary N) is 1. The molecule has 3 atom stereocenters. The zero-order valence-electron chi connectivity index (χ0n) is 11.9. The number of aliphatic carboxylic acids is 1. The fraction of sp³-hybridized carbons (Fsp3) is 0.615. The maximum absolute atomic E-state index is 12.0. The van der Waals surface area contributed by atoms with Gasteiger partial charge in [0.05, 0.1) is 24.4 Å². The number of aliphatic hydroxyl groups is 1. The molecule has 1 fully saturated rings. The van der Waals surface area contributed by atoms with Gasteiger partial charge in [-0.15, -0.1) is 11.8 Å². The molecule has 8 heteroatoms. The van der Waals surface area contributed by atoms with Gasteiger partial charge in [0.15, 0.2) is 0 Å². The molecular formula is C13H19N3O4S. The van der Waals surface area contributed by atoms with Gasteiger partial charge in [0.1, 0.15) is 5.70 Å². The number of thioether (sulfide) groups is 1. The van der Waals surface area contributed by atoms with E-state index in [4.69, 9.17) is 5.41 Å². The smallest absolute Gasteiger partial charge is 0.353 e. The number of fused-ring (bicyclic) bond motifs is 1. The molecule has 2 rings (SSSR count). The van der Waals surface area contributed by atoms with Crippen LogP contribution in [0.2, 0.25) is 0 Å². The highest BCUT2D eigenvalue weighted by molar-refractivity contribution is 8.03. The maximum atomic E-state index is 12.0. The van der Waals surface area contributed by atoms with Gasteiger partial charge < -0.3 is 20.0 Å². The molecular weight excluding hydrogens is 294 g/mol. The quantitative estimate of drug-likeness (QED) is 0.351. The number of hydrogen-bond donors (Lipinski definition) is 3. The Bertz CT molecular complexity index is 506. The number of carboxylic acids is 1. The van der Waals surface area contributed by atoms with Crippen LogP contribution in [0, 0.1) is 11.3 Å². The number of amides is 1. The minimum Gasteiger partial charge on any atom is -0.477 e. The predicted molar refractivity (Wildman–Crippen MR) is 79.0 cm³/mol. The Morgan fingerprint density at radius 1 is 1.67 bits per heavy atom. The third-order valence-corrected chi connectivity index (χ3v) is 4.93. The lowest BCUT2D eigenvalue weighted by atomic mass is 9.83. The van der Waals surface area contributed by atoms with E-state index in [1.807, 2.05) is 0 Å². The van der Waals surface area contributed by atoms with E-state index in [1.54, 1.807) is 18.9 Å². The van der Waals surface area contributed by atoms with Crippen molar-refractivity contribution in [3.05, 3.63) is 10.6 Å². The second-order valence-electron chi connectivity index (χ2n) is 5.28. The molecule has 1 unspecified atom stereocenters. The van der Waals surface area contributed by atoms with Crippen molar-refractivity contribution in [2.24, 2.45) is 5.92 Å². The maximum Gasteiger partial charge on any atom is 0.353 e. The van der Waals surface area contributed by atoms with E-state index in [9.17, 15) is 19.8 Å². The van der Waals surface area contributed by atoms with Crippen LogP contribution in [0.3, 0.4) is 0 Å². The van der Waals surface area contributed by atoms with Gasteiger partial charge in [-0.25, -0.2) is 4.79 Å². The van der Waals surface area contributed by atoms with E-state index in [1.165, 1.54) is 23.0 Å². The highest BCUT2D eigenvalue weighted by Gasteiger charge is 2.56. The van der Waals surface area contributed by atoms with Crippen LogP contribution in [0.1, 0.15) is 13.3 Å². The van der Waals surface area contributed by atoms with Crippen molar-refractivity contribution in [2.45, 2.75) is 25.5 Å². The molecule has 0 aromatic rings. The number of carbonyl (C=O) groups excluding carboxylic acids is 1. The summed E-state index contributed by atoms with van der Waals surface area (Å²) in [5.74, 6) is -1.26. The third kappa shape index (κ3) is 2.77. The van der Waals surface area contributed by atoms with E-state index in [-0.39, 0.29) is 17.6 Å². The number of aliphatic hydroxyl groups excluding tert-OH is 1. The van der Waals surface area contributed by atoms with E-state index in [0.29, 0.717) is 23.6 Å². The van der Waals surface area contributed by atoms with Crippen molar-refractivity contribution in [3.63, 3.8) is 0 Å². The lowest BCUT2D eigenvalue weighted by Crippen LogP contribution is -2.61. The van der Waals surface area contributed by atoms with E-state index < -0.39 is 18.0 Å². The number of nitrogens with zero attached hydrogens (tertiary/aromatic N) is 2. The number of hydrogen-bond acceptors (Lipinski definition) is 5. The lowest BCUT2D eigenvalue weighted by molar-refractivity contribution is -0.161. The first-order chi connectivity index (χ1) is 9.88. The monoisotopic (exact) mass is 313 g/mol. The highest BCUT2D eigenvalue weighted by Crippen LogP contribution is 2.46.